The maximum atomic E-state index is 12.3. The van der Waals surface area contributed by atoms with Crippen molar-refractivity contribution in [2.75, 3.05) is 18.6 Å². The van der Waals surface area contributed by atoms with E-state index in [9.17, 15) is 4.79 Å². The van der Waals surface area contributed by atoms with Crippen LogP contribution in [-0.2, 0) is 0 Å². The molecule has 0 radical (unpaired) electrons. The van der Waals surface area contributed by atoms with Gasteiger partial charge in [0, 0.05) is 11.6 Å². The maximum absolute atomic E-state index is 12.3. The number of hydrogen-bond donors (Lipinski definition) is 2. The molecule has 3 nitrogen and oxygen atoms in total. The molecule has 1 unspecified atom stereocenters. The van der Waals surface area contributed by atoms with E-state index >= 15 is 0 Å². The highest BCUT2D eigenvalue weighted by molar-refractivity contribution is 7.98. The highest BCUT2D eigenvalue weighted by Crippen LogP contribution is 2.11. The lowest BCUT2D eigenvalue weighted by Crippen LogP contribution is -2.33. The average Bonchev–Trinajstić information content (AvgIpc) is 2.42. The Hall–Kier alpha value is -1.44. The molecule has 0 saturated carbocycles. The van der Waals surface area contributed by atoms with Crippen LogP contribution in [0.4, 0.5) is 0 Å². The Labute approximate surface area is 125 Å². The molecule has 2 N–H and O–H groups in total. The molecular formula is C16H21NO2S. The maximum Gasteiger partial charge on any atom is 0.252 e. The van der Waals surface area contributed by atoms with E-state index in [0.717, 1.165) is 17.7 Å². The minimum atomic E-state index is -0.209. The molecule has 0 heterocycles. The number of benzene rings is 1. The fourth-order valence-electron chi connectivity index (χ4n) is 1.76. The number of aliphatic hydroxyl groups excluding tert-OH is 1. The van der Waals surface area contributed by atoms with Crippen LogP contribution in [0.1, 0.15) is 34.8 Å². The van der Waals surface area contributed by atoms with Gasteiger partial charge in [0.05, 0.1) is 5.56 Å². The Morgan fingerprint density at radius 1 is 1.50 bits per heavy atom. The summed E-state index contributed by atoms with van der Waals surface area (Å²) in [5.74, 6) is 6.34. The molecule has 0 spiro atoms. The second-order valence-electron chi connectivity index (χ2n) is 4.66. The van der Waals surface area contributed by atoms with Gasteiger partial charge in [0.2, 0.25) is 0 Å². The summed E-state index contributed by atoms with van der Waals surface area (Å²) >= 11 is 1.77. The Morgan fingerprint density at radius 3 is 2.90 bits per heavy atom. The van der Waals surface area contributed by atoms with E-state index in [0.29, 0.717) is 11.1 Å². The highest BCUT2D eigenvalue weighted by Gasteiger charge is 2.13. The van der Waals surface area contributed by atoms with Crippen LogP contribution in [0.2, 0.25) is 0 Å². The van der Waals surface area contributed by atoms with E-state index in [-0.39, 0.29) is 18.6 Å². The zero-order valence-electron chi connectivity index (χ0n) is 12.2. The summed E-state index contributed by atoms with van der Waals surface area (Å²) in [5, 5.41) is 11.8. The third kappa shape index (κ3) is 5.28. The summed E-state index contributed by atoms with van der Waals surface area (Å²) in [4.78, 5) is 12.3. The van der Waals surface area contributed by atoms with Crippen molar-refractivity contribution in [3.63, 3.8) is 0 Å². The van der Waals surface area contributed by atoms with Gasteiger partial charge >= 0.3 is 0 Å². The molecule has 20 heavy (non-hydrogen) atoms. The van der Waals surface area contributed by atoms with Gasteiger partial charge in [0.15, 0.2) is 0 Å². The summed E-state index contributed by atoms with van der Waals surface area (Å²) in [6.07, 6.45) is 2.99. The van der Waals surface area contributed by atoms with Gasteiger partial charge in [-0.05, 0) is 50.0 Å². The highest BCUT2D eigenvalue weighted by atomic mass is 32.2. The molecule has 108 valence electrons. The minimum Gasteiger partial charge on any atom is -0.384 e. The van der Waals surface area contributed by atoms with Crippen LogP contribution in [0, 0.1) is 18.8 Å². The van der Waals surface area contributed by atoms with Crippen molar-refractivity contribution in [3.05, 3.63) is 34.9 Å². The Bertz CT molecular complexity index is 517. The topological polar surface area (TPSA) is 49.3 Å². The second kappa shape index (κ2) is 8.68. The quantitative estimate of drug-likeness (QED) is 0.818. The van der Waals surface area contributed by atoms with Crippen LogP contribution < -0.4 is 5.32 Å². The normalized spacial score (nSPS) is 11.4. The van der Waals surface area contributed by atoms with Crippen molar-refractivity contribution < 1.29 is 9.90 Å². The standard InChI is InChI=1S/C16H21NO2S/c1-12-6-7-15(14(11-12)5-4-9-18)16(19)17-13(2)8-10-20-3/h6-7,11,13,18H,8-10H2,1-3H3,(H,17,19). The van der Waals surface area contributed by atoms with E-state index in [1.54, 1.807) is 17.8 Å². The van der Waals surface area contributed by atoms with Crippen molar-refractivity contribution in [2.24, 2.45) is 0 Å². The zero-order valence-corrected chi connectivity index (χ0v) is 13.0. The van der Waals surface area contributed by atoms with E-state index in [1.807, 2.05) is 26.0 Å². The van der Waals surface area contributed by atoms with Gasteiger partial charge in [0.1, 0.15) is 6.61 Å². The van der Waals surface area contributed by atoms with Crippen LogP contribution in [0.3, 0.4) is 0 Å². The molecule has 4 heteroatoms. The van der Waals surface area contributed by atoms with Crippen LogP contribution in [0.25, 0.3) is 0 Å². The molecule has 0 saturated heterocycles. The van der Waals surface area contributed by atoms with Crippen LogP contribution in [0.15, 0.2) is 18.2 Å². The van der Waals surface area contributed by atoms with E-state index < -0.39 is 0 Å². The second-order valence-corrected chi connectivity index (χ2v) is 5.65. The molecule has 0 bridgehead atoms. The number of carbonyl (C=O) groups excluding carboxylic acids is 1. The van der Waals surface area contributed by atoms with Gasteiger partial charge in [-0.3, -0.25) is 4.79 Å². The van der Waals surface area contributed by atoms with Gasteiger partial charge in [0.25, 0.3) is 5.91 Å². The lowest BCUT2D eigenvalue weighted by atomic mass is 10.0. The molecule has 1 atom stereocenters. The third-order valence-electron chi connectivity index (χ3n) is 2.85. The predicted molar refractivity (Wildman–Crippen MR) is 85.1 cm³/mol. The first-order valence-electron chi connectivity index (χ1n) is 6.58. The summed E-state index contributed by atoms with van der Waals surface area (Å²) in [6.45, 7) is 3.74. The molecule has 0 aromatic heterocycles. The van der Waals surface area contributed by atoms with Gasteiger partial charge < -0.3 is 10.4 Å². The molecule has 1 amide bonds. The minimum absolute atomic E-state index is 0.110. The number of rotatable bonds is 5. The molecule has 1 rings (SSSR count). The van der Waals surface area contributed by atoms with Gasteiger partial charge in [-0.15, -0.1) is 0 Å². The molecule has 1 aromatic rings. The first-order valence-corrected chi connectivity index (χ1v) is 7.98. The van der Waals surface area contributed by atoms with E-state index in [1.165, 1.54) is 0 Å². The fraction of sp³-hybridized carbons (Fsp3) is 0.438. The van der Waals surface area contributed by atoms with Gasteiger partial charge in [-0.1, -0.05) is 17.9 Å². The lowest BCUT2D eigenvalue weighted by molar-refractivity contribution is 0.0939. The summed E-state index contributed by atoms with van der Waals surface area (Å²) < 4.78 is 0. The number of aryl methyl sites for hydroxylation is 1. The molecule has 0 aliphatic carbocycles. The number of nitrogens with one attached hydrogen (secondary N) is 1. The number of aliphatic hydroxyl groups is 1. The smallest absolute Gasteiger partial charge is 0.252 e. The number of thioether (sulfide) groups is 1. The Balaban J connectivity index is 2.86. The molecule has 0 fully saturated rings. The summed E-state index contributed by atoms with van der Waals surface area (Å²) in [6, 6.07) is 5.68. The number of hydrogen-bond acceptors (Lipinski definition) is 3. The van der Waals surface area contributed by atoms with Crippen molar-refractivity contribution in [1.29, 1.82) is 0 Å². The Kier molecular flexibility index (Phi) is 7.21. The van der Waals surface area contributed by atoms with E-state index in [4.69, 9.17) is 5.11 Å². The average molecular weight is 291 g/mol. The molecule has 0 aliphatic rings. The lowest BCUT2D eigenvalue weighted by Gasteiger charge is -2.14. The largest absolute Gasteiger partial charge is 0.384 e. The van der Waals surface area contributed by atoms with Crippen molar-refractivity contribution in [1.82, 2.24) is 5.32 Å². The molecule has 0 aliphatic heterocycles. The van der Waals surface area contributed by atoms with Crippen LogP contribution in [0.5, 0.6) is 0 Å². The first-order chi connectivity index (χ1) is 9.58. The Morgan fingerprint density at radius 2 is 2.25 bits per heavy atom. The third-order valence-corrected chi connectivity index (χ3v) is 3.50. The zero-order chi connectivity index (χ0) is 15.0. The van der Waals surface area contributed by atoms with Crippen molar-refractivity contribution >= 4 is 17.7 Å². The number of carbonyl (C=O) groups is 1. The molecule has 1 aromatic carbocycles. The van der Waals surface area contributed by atoms with E-state index in [2.05, 4.69) is 23.4 Å². The number of amides is 1. The van der Waals surface area contributed by atoms with Crippen LogP contribution >= 0.6 is 11.8 Å². The SMILES string of the molecule is CSCCC(C)NC(=O)c1ccc(C)cc1C#CCO. The van der Waals surface area contributed by atoms with Gasteiger partial charge in [-0.2, -0.15) is 11.8 Å². The first kappa shape index (κ1) is 16.6. The summed E-state index contributed by atoms with van der Waals surface area (Å²) in [5.41, 5.74) is 2.26. The molecular weight excluding hydrogens is 270 g/mol. The monoisotopic (exact) mass is 291 g/mol. The fourth-order valence-corrected chi connectivity index (χ4v) is 2.35. The van der Waals surface area contributed by atoms with Gasteiger partial charge in [-0.25, -0.2) is 0 Å². The van der Waals surface area contributed by atoms with Crippen molar-refractivity contribution in [3.8, 4) is 11.8 Å². The van der Waals surface area contributed by atoms with Crippen molar-refractivity contribution in [2.45, 2.75) is 26.3 Å². The van der Waals surface area contributed by atoms with Crippen LogP contribution in [-0.4, -0.2) is 35.7 Å². The summed E-state index contributed by atoms with van der Waals surface area (Å²) in [7, 11) is 0. The predicted octanol–water partition coefficient (Wildman–Crippen LogP) is 2.21.